The van der Waals surface area contributed by atoms with Crippen molar-refractivity contribution < 1.29 is 13.2 Å². The second kappa shape index (κ2) is 5.27. The second-order valence-corrected chi connectivity index (χ2v) is 6.66. The highest BCUT2D eigenvalue weighted by atomic mass is 35.7. The van der Waals surface area contributed by atoms with Gasteiger partial charge in [0.25, 0.3) is 9.05 Å². The molecule has 0 aliphatic rings. The quantitative estimate of drug-likeness (QED) is 0.792. The number of rotatable bonds is 4. The molecular weight excluding hydrogens is 260 g/mol. The van der Waals surface area contributed by atoms with Crippen LogP contribution in [0.1, 0.15) is 31.4 Å². The van der Waals surface area contributed by atoms with E-state index in [9.17, 15) is 8.42 Å². The van der Waals surface area contributed by atoms with Crippen molar-refractivity contribution in [3.8, 4) is 5.75 Å². The van der Waals surface area contributed by atoms with Gasteiger partial charge in [-0.3, -0.25) is 0 Å². The van der Waals surface area contributed by atoms with Gasteiger partial charge in [0, 0.05) is 10.7 Å². The van der Waals surface area contributed by atoms with E-state index in [0.29, 0.717) is 16.9 Å². The molecule has 0 fully saturated rings. The Bertz CT molecular complexity index is 485. The lowest BCUT2D eigenvalue weighted by Crippen LogP contribution is -2.10. The van der Waals surface area contributed by atoms with Crippen LogP contribution >= 0.6 is 10.7 Å². The highest BCUT2D eigenvalue weighted by molar-refractivity contribution is 8.13. The molecule has 1 unspecified atom stereocenters. The smallest absolute Gasteiger partial charge is 0.261 e. The minimum absolute atomic E-state index is 0.104. The zero-order valence-corrected chi connectivity index (χ0v) is 12.0. The third-order valence-electron chi connectivity index (χ3n) is 2.59. The molecule has 0 radical (unpaired) electrons. The monoisotopic (exact) mass is 276 g/mol. The zero-order valence-electron chi connectivity index (χ0n) is 10.5. The molecule has 5 heteroatoms. The first kappa shape index (κ1) is 14.3. The van der Waals surface area contributed by atoms with Crippen molar-refractivity contribution in [1.29, 1.82) is 0 Å². The average molecular weight is 277 g/mol. The molecule has 1 aromatic carbocycles. The number of hydrogen-bond acceptors (Lipinski definition) is 3. The Hall–Kier alpha value is -0.740. The number of aryl methyl sites for hydroxylation is 2. The predicted octanol–water partition coefficient (Wildman–Crippen LogP) is 3.41. The molecule has 0 spiro atoms. The van der Waals surface area contributed by atoms with Crippen LogP contribution in [0, 0.1) is 13.8 Å². The van der Waals surface area contributed by atoms with Crippen LogP contribution in [0.2, 0.25) is 0 Å². The van der Waals surface area contributed by atoms with E-state index in [1.807, 2.05) is 13.8 Å². The van der Waals surface area contributed by atoms with Gasteiger partial charge in [0.1, 0.15) is 5.75 Å². The first-order valence-corrected chi connectivity index (χ1v) is 7.79. The van der Waals surface area contributed by atoms with Crippen LogP contribution in [0.3, 0.4) is 0 Å². The first-order valence-electron chi connectivity index (χ1n) is 5.48. The molecule has 0 saturated carbocycles. The molecule has 3 nitrogen and oxygen atoms in total. The molecule has 0 bridgehead atoms. The van der Waals surface area contributed by atoms with Gasteiger partial charge in [-0.1, -0.05) is 6.92 Å². The van der Waals surface area contributed by atoms with Gasteiger partial charge in [-0.2, -0.15) is 0 Å². The Labute approximate surface area is 107 Å². The second-order valence-electron chi connectivity index (χ2n) is 4.16. The van der Waals surface area contributed by atoms with Crippen LogP contribution in [0.4, 0.5) is 0 Å². The number of halogens is 1. The minimum Gasteiger partial charge on any atom is -0.491 e. The Morgan fingerprint density at radius 3 is 2.12 bits per heavy atom. The highest BCUT2D eigenvalue weighted by Crippen LogP contribution is 2.28. The maximum atomic E-state index is 11.4. The van der Waals surface area contributed by atoms with E-state index >= 15 is 0 Å². The van der Waals surface area contributed by atoms with Crippen LogP contribution in [0.5, 0.6) is 5.75 Å². The number of benzene rings is 1. The summed E-state index contributed by atoms with van der Waals surface area (Å²) in [5, 5.41) is 0. The maximum absolute atomic E-state index is 11.4. The number of ether oxygens (including phenoxy) is 1. The fourth-order valence-electron chi connectivity index (χ4n) is 1.68. The molecule has 1 rings (SSSR count). The standard InChI is InChI=1S/C12H17ClO3S/c1-5-10(4)16-11-6-8(2)12(9(3)7-11)17(13,14)15/h6-7,10H,5H2,1-4H3. The lowest BCUT2D eigenvalue weighted by Gasteiger charge is -2.15. The van der Waals surface area contributed by atoms with Crippen LogP contribution in [-0.2, 0) is 9.05 Å². The molecule has 1 atom stereocenters. The molecule has 1 aromatic rings. The van der Waals surface area contributed by atoms with E-state index in [-0.39, 0.29) is 11.0 Å². The molecule has 0 saturated heterocycles. The molecule has 0 aromatic heterocycles. The summed E-state index contributed by atoms with van der Waals surface area (Å²) in [6, 6.07) is 3.41. The third-order valence-corrected chi connectivity index (χ3v) is 4.18. The molecule has 17 heavy (non-hydrogen) atoms. The van der Waals surface area contributed by atoms with Gasteiger partial charge in [0.2, 0.25) is 0 Å². The molecule has 0 heterocycles. The Balaban J connectivity index is 3.19. The molecule has 96 valence electrons. The van der Waals surface area contributed by atoms with E-state index in [2.05, 4.69) is 0 Å². The van der Waals surface area contributed by atoms with E-state index < -0.39 is 9.05 Å². The number of hydrogen-bond donors (Lipinski definition) is 0. The van der Waals surface area contributed by atoms with Crippen LogP contribution < -0.4 is 4.74 Å². The van der Waals surface area contributed by atoms with Crippen molar-refractivity contribution in [2.24, 2.45) is 0 Å². The lowest BCUT2D eigenvalue weighted by atomic mass is 10.1. The van der Waals surface area contributed by atoms with Crippen LogP contribution in [0.15, 0.2) is 17.0 Å². The van der Waals surface area contributed by atoms with E-state index in [4.69, 9.17) is 15.4 Å². The summed E-state index contributed by atoms with van der Waals surface area (Å²) in [4.78, 5) is 0.177. The molecule has 0 N–H and O–H groups in total. The zero-order chi connectivity index (χ0) is 13.2. The van der Waals surface area contributed by atoms with Crippen molar-refractivity contribution in [2.75, 3.05) is 0 Å². The van der Waals surface area contributed by atoms with E-state index in [0.717, 1.165) is 6.42 Å². The summed E-state index contributed by atoms with van der Waals surface area (Å²) < 4.78 is 28.4. The van der Waals surface area contributed by atoms with Crippen molar-refractivity contribution >= 4 is 19.7 Å². The highest BCUT2D eigenvalue weighted by Gasteiger charge is 2.18. The summed E-state index contributed by atoms with van der Waals surface area (Å²) in [6.07, 6.45) is 1.00. The Kier molecular flexibility index (Phi) is 4.44. The average Bonchev–Trinajstić information content (AvgIpc) is 2.13. The lowest BCUT2D eigenvalue weighted by molar-refractivity contribution is 0.217. The van der Waals surface area contributed by atoms with Gasteiger partial charge in [-0.05, 0) is 50.5 Å². The van der Waals surface area contributed by atoms with Gasteiger partial charge in [-0.25, -0.2) is 8.42 Å². The molecule has 0 amide bonds. The fourth-order valence-corrected chi connectivity index (χ4v) is 3.30. The Morgan fingerprint density at radius 1 is 1.29 bits per heavy atom. The predicted molar refractivity (Wildman–Crippen MR) is 69.3 cm³/mol. The van der Waals surface area contributed by atoms with Crippen LogP contribution in [0.25, 0.3) is 0 Å². The molecular formula is C12H17ClO3S. The summed E-state index contributed by atoms with van der Waals surface area (Å²) >= 11 is 0. The van der Waals surface area contributed by atoms with E-state index in [1.54, 1.807) is 26.0 Å². The normalized spacial score (nSPS) is 13.5. The SMILES string of the molecule is CCC(C)Oc1cc(C)c(S(=O)(=O)Cl)c(C)c1. The molecule has 0 aliphatic heterocycles. The summed E-state index contributed by atoms with van der Waals surface area (Å²) in [5.41, 5.74) is 1.22. The van der Waals surface area contributed by atoms with Crippen LogP contribution in [-0.4, -0.2) is 14.5 Å². The minimum atomic E-state index is -3.70. The topological polar surface area (TPSA) is 43.4 Å². The maximum Gasteiger partial charge on any atom is 0.261 e. The Morgan fingerprint density at radius 2 is 1.76 bits per heavy atom. The van der Waals surface area contributed by atoms with Gasteiger partial charge in [0.15, 0.2) is 0 Å². The van der Waals surface area contributed by atoms with Crippen molar-refractivity contribution in [2.45, 2.75) is 45.1 Å². The van der Waals surface area contributed by atoms with Gasteiger partial charge in [-0.15, -0.1) is 0 Å². The van der Waals surface area contributed by atoms with Crippen molar-refractivity contribution in [3.63, 3.8) is 0 Å². The third kappa shape index (κ3) is 3.61. The molecule has 0 aliphatic carbocycles. The summed E-state index contributed by atoms with van der Waals surface area (Å²) in [5.74, 6) is 0.679. The largest absolute Gasteiger partial charge is 0.491 e. The van der Waals surface area contributed by atoms with Crippen molar-refractivity contribution in [3.05, 3.63) is 23.3 Å². The summed E-state index contributed by atoms with van der Waals surface area (Å²) in [6.45, 7) is 7.43. The van der Waals surface area contributed by atoms with E-state index in [1.165, 1.54) is 0 Å². The van der Waals surface area contributed by atoms with Gasteiger partial charge < -0.3 is 4.74 Å². The van der Waals surface area contributed by atoms with Gasteiger partial charge >= 0.3 is 0 Å². The summed E-state index contributed by atoms with van der Waals surface area (Å²) in [7, 11) is 1.69. The fraction of sp³-hybridized carbons (Fsp3) is 0.500. The van der Waals surface area contributed by atoms with Crippen molar-refractivity contribution in [1.82, 2.24) is 0 Å². The first-order chi connectivity index (χ1) is 7.75. The van der Waals surface area contributed by atoms with Gasteiger partial charge in [0.05, 0.1) is 11.0 Å².